The summed E-state index contributed by atoms with van der Waals surface area (Å²) < 4.78 is 13.0. The van der Waals surface area contributed by atoms with Crippen molar-refractivity contribution in [2.45, 2.75) is 50.6 Å². The van der Waals surface area contributed by atoms with Gasteiger partial charge in [0.05, 0.1) is 5.69 Å². The molecule has 1 aromatic heterocycles. The van der Waals surface area contributed by atoms with E-state index in [0.717, 1.165) is 42.1 Å². The molecule has 7 heteroatoms. The molecule has 2 fully saturated rings. The number of halogens is 1. The van der Waals surface area contributed by atoms with Crippen LogP contribution in [0.25, 0.3) is 11.3 Å². The van der Waals surface area contributed by atoms with Crippen LogP contribution in [0.1, 0.15) is 38.5 Å². The zero-order valence-electron chi connectivity index (χ0n) is 14.3. The smallest absolute Gasteiger partial charge is 0.229 e. The van der Waals surface area contributed by atoms with Gasteiger partial charge in [-0.25, -0.2) is 9.37 Å². The normalized spacial score (nSPS) is 23.5. The number of rotatable bonds is 4. The first-order valence-electron chi connectivity index (χ1n) is 8.93. The van der Waals surface area contributed by atoms with Gasteiger partial charge < -0.3 is 5.32 Å². The van der Waals surface area contributed by atoms with E-state index in [1.165, 1.54) is 28.4 Å². The Morgan fingerprint density at radius 2 is 1.69 bits per heavy atom. The number of nitrogens with zero attached hydrogens (tertiary/aromatic N) is 2. The molecule has 2 aromatic rings. The van der Waals surface area contributed by atoms with Crippen molar-refractivity contribution in [1.29, 1.82) is 0 Å². The number of thiazole rings is 1. The largest absolute Gasteiger partial charge is 0.359 e. The van der Waals surface area contributed by atoms with E-state index in [-0.39, 0.29) is 23.7 Å². The second kappa shape index (κ2) is 7.15. The Morgan fingerprint density at radius 3 is 2.35 bits per heavy atom. The summed E-state index contributed by atoms with van der Waals surface area (Å²) in [6.07, 6.45) is 4.22. The number of nitrogens with one attached hydrogen (secondary N) is 1. The Bertz CT molecular complexity index is 796. The van der Waals surface area contributed by atoms with Crippen LogP contribution in [-0.2, 0) is 9.59 Å². The van der Waals surface area contributed by atoms with Gasteiger partial charge in [0.15, 0.2) is 5.13 Å². The highest BCUT2D eigenvalue weighted by atomic mass is 32.1. The molecule has 0 radical (unpaired) electrons. The highest BCUT2D eigenvalue weighted by Gasteiger charge is 2.36. The highest BCUT2D eigenvalue weighted by Crippen LogP contribution is 2.31. The van der Waals surface area contributed by atoms with Gasteiger partial charge in [0.1, 0.15) is 5.82 Å². The minimum atomic E-state index is -0.256. The molecule has 26 heavy (non-hydrogen) atoms. The molecule has 0 unspecified atom stereocenters. The molecule has 5 nitrogen and oxygen atoms in total. The maximum absolute atomic E-state index is 13.0. The van der Waals surface area contributed by atoms with Crippen molar-refractivity contribution < 1.29 is 14.0 Å². The van der Waals surface area contributed by atoms with Crippen molar-refractivity contribution in [1.82, 2.24) is 9.88 Å². The number of carbonyl (C=O) groups excluding carboxylic acids is 2. The fourth-order valence-corrected chi connectivity index (χ4v) is 4.55. The summed E-state index contributed by atoms with van der Waals surface area (Å²) in [5.74, 6) is -0.292. The molecule has 2 heterocycles. The van der Waals surface area contributed by atoms with Gasteiger partial charge in [-0.2, -0.15) is 0 Å². The first-order chi connectivity index (χ1) is 12.6. The van der Waals surface area contributed by atoms with Crippen molar-refractivity contribution in [3.8, 4) is 11.3 Å². The van der Waals surface area contributed by atoms with E-state index in [1.54, 1.807) is 12.1 Å². The van der Waals surface area contributed by atoms with Gasteiger partial charge in [-0.1, -0.05) is 0 Å². The predicted molar refractivity (Wildman–Crippen MR) is 98.3 cm³/mol. The zero-order valence-corrected chi connectivity index (χ0v) is 15.1. The maximum Gasteiger partial charge on any atom is 0.229 e. The lowest BCUT2D eigenvalue weighted by Gasteiger charge is -2.33. The lowest BCUT2D eigenvalue weighted by atomic mass is 9.90. The average molecular weight is 373 g/mol. The summed E-state index contributed by atoms with van der Waals surface area (Å²) in [6, 6.07) is 6.67. The minimum absolute atomic E-state index is 0.0183. The summed E-state index contributed by atoms with van der Waals surface area (Å²) >= 11 is 1.53. The summed E-state index contributed by atoms with van der Waals surface area (Å²) in [4.78, 5) is 29.8. The Balaban J connectivity index is 1.34. The second-order valence-electron chi connectivity index (χ2n) is 6.85. The van der Waals surface area contributed by atoms with E-state index in [4.69, 9.17) is 0 Å². The first kappa shape index (κ1) is 17.1. The molecule has 1 saturated carbocycles. The monoisotopic (exact) mass is 373 g/mol. The van der Waals surface area contributed by atoms with Crippen LogP contribution in [0.4, 0.5) is 9.52 Å². The molecule has 1 saturated heterocycles. The van der Waals surface area contributed by atoms with E-state index in [1.807, 2.05) is 5.38 Å². The number of hydrogen-bond donors (Lipinski definition) is 1. The van der Waals surface area contributed by atoms with Gasteiger partial charge in [-0.15, -0.1) is 11.3 Å². The lowest BCUT2D eigenvalue weighted by Crippen LogP contribution is -2.43. The van der Waals surface area contributed by atoms with Gasteiger partial charge in [-0.05, 0) is 49.9 Å². The number of amides is 2. The van der Waals surface area contributed by atoms with Crippen molar-refractivity contribution >= 4 is 28.3 Å². The third-order valence-corrected chi connectivity index (χ3v) is 5.90. The van der Waals surface area contributed by atoms with Crippen LogP contribution in [-0.4, -0.2) is 33.8 Å². The average Bonchev–Trinajstić information content (AvgIpc) is 3.23. The number of anilines is 1. The Kier molecular flexibility index (Phi) is 4.72. The third-order valence-electron chi connectivity index (χ3n) is 5.12. The summed E-state index contributed by atoms with van der Waals surface area (Å²) in [5, 5.41) is 6.27. The number of benzene rings is 1. The molecule has 0 bridgehead atoms. The van der Waals surface area contributed by atoms with Crippen LogP contribution in [0.2, 0.25) is 0 Å². The Morgan fingerprint density at radius 1 is 1.04 bits per heavy atom. The lowest BCUT2D eigenvalue weighted by molar-refractivity contribution is -0.141. The third kappa shape index (κ3) is 3.49. The molecule has 1 aromatic carbocycles. The number of carbonyl (C=O) groups is 2. The molecule has 136 valence electrons. The molecule has 4 rings (SSSR count). The van der Waals surface area contributed by atoms with Gasteiger partial charge in [0.25, 0.3) is 0 Å². The molecular formula is C19H20FN3O2S. The van der Waals surface area contributed by atoms with E-state index < -0.39 is 0 Å². The quantitative estimate of drug-likeness (QED) is 0.828. The van der Waals surface area contributed by atoms with E-state index in [2.05, 4.69) is 10.3 Å². The van der Waals surface area contributed by atoms with E-state index in [9.17, 15) is 14.0 Å². The van der Waals surface area contributed by atoms with Gasteiger partial charge in [0.2, 0.25) is 11.8 Å². The summed E-state index contributed by atoms with van der Waals surface area (Å²) in [6.45, 7) is 0. The predicted octanol–water partition coefficient (Wildman–Crippen LogP) is 3.82. The van der Waals surface area contributed by atoms with Crippen LogP contribution >= 0.6 is 11.3 Å². The topological polar surface area (TPSA) is 62.3 Å². The maximum atomic E-state index is 13.0. The molecule has 0 spiro atoms. The number of hydrogen-bond acceptors (Lipinski definition) is 5. The summed E-state index contributed by atoms with van der Waals surface area (Å²) in [7, 11) is 0. The molecule has 1 aliphatic carbocycles. The van der Waals surface area contributed by atoms with Gasteiger partial charge in [0, 0.05) is 35.9 Å². The molecular weight excluding hydrogens is 353 g/mol. The summed E-state index contributed by atoms with van der Waals surface area (Å²) in [5.41, 5.74) is 1.73. The highest BCUT2D eigenvalue weighted by molar-refractivity contribution is 7.14. The van der Waals surface area contributed by atoms with E-state index >= 15 is 0 Å². The van der Waals surface area contributed by atoms with Gasteiger partial charge >= 0.3 is 0 Å². The molecule has 0 atom stereocenters. The molecule has 2 aliphatic rings. The van der Waals surface area contributed by atoms with E-state index in [0.29, 0.717) is 18.9 Å². The van der Waals surface area contributed by atoms with Gasteiger partial charge in [-0.3, -0.25) is 14.5 Å². The van der Waals surface area contributed by atoms with Crippen molar-refractivity contribution in [2.75, 3.05) is 5.32 Å². The Labute approximate surface area is 155 Å². The fraction of sp³-hybridized carbons (Fsp3) is 0.421. The van der Waals surface area contributed by atoms with Crippen LogP contribution < -0.4 is 5.32 Å². The number of imide groups is 1. The zero-order chi connectivity index (χ0) is 18.1. The van der Waals surface area contributed by atoms with Crippen LogP contribution in [0.15, 0.2) is 29.6 Å². The fourth-order valence-electron chi connectivity index (χ4n) is 3.75. The number of aromatic nitrogens is 1. The van der Waals surface area contributed by atoms with Crippen molar-refractivity contribution in [3.63, 3.8) is 0 Å². The molecule has 1 aliphatic heterocycles. The first-order valence-corrected chi connectivity index (χ1v) is 9.81. The number of likely N-dealkylation sites (tertiary alicyclic amines) is 1. The molecule has 2 amide bonds. The van der Waals surface area contributed by atoms with Crippen molar-refractivity contribution in [2.24, 2.45) is 0 Å². The van der Waals surface area contributed by atoms with Crippen molar-refractivity contribution in [3.05, 3.63) is 35.5 Å². The van der Waals surface area contributed by atoms with Crippen LogP contribution in [0.3, 0.4) is 0 Å². The van der Waals surface area contributed by atoms with Crippen LogP contribution in [0, 0.1) is 5.82 Å². The second-order valence-corrected chi connectivity index (χ2v) is 7.71. The van der Waals surface area contributed by atoms with Crippen LogP contribution in [0.5, 0.6) is 0 Å². The Hall–Kier alpha value is -2.28. The standard InChI is InChI=1S/C19H20FN3O2S/c20-13-3-1-12(2-4-13)16-11-26-19(22-16)21-14-5-7-15(8-6-14)23-17(24)9-10-18(23)25/h1-4,11,14-15H,5-10H2,(H,21,22). The minimum Gasteiger partial charge on any atom is -0.359 e. The SMILES string of the molecule is O=C1CCC(=O)N1C1CCC(Nc2nc(-c3ccc(F)cc3)cs2)CC1. The molecule has 1 N–H and O–H groups in total.